The Balaban J connectivity index is 2.00. The normalized spacial score (nSPS) is 21.9. The molecule has 1 amide bonds. The maximum Gasteiger partial charge on any atom is 0.231 e. The number of halogens is 1. The molecule has 6 heteroatoms. The summed E-state index contributed by atoms with van der Waals surface area (Å²) in [5, 5.41) is 6.68. The summed E-state index contributed by atoms with van der Waals surface area (Å²) in [7, 11) is 0. The highest BCUT2D eigenvalue weighted by atomic mass is 35.5. The monoisotopic (exact) mass is 297 g/mol. The minimum Gasteiger partial charge on any atom is -0.379 e. The predicted octanol–water partition coefficient (Wildman–Crippen LogP) is 2.00. The highest BCUT2D eigenvalue weighted by Crippen LogP contribution is 2.20. The summed E-state index contributed by atoms with van der Waals surface area (Å²) in [6.45, 7) is 5.84. The van der Waals surface area contributed by atoms with Crippen LogP contribution in [0.2, 0.25) is 5.15 Å². The van der Waals surface area contributed by atoms with Crippen molar-refractivity contribution < 1.29 is 9.53 Å². The first-order chi connectivity index (χ1) is 9.61. The van der Waals surface area contributed by atoms with E-state index in [9.17, 15) is 4.79 Å². The average Bonchev–Trinajstić information content (AvgIpc) is 2.88. The van der Waals surface area contributed by atoms with Crippen molar-refractivity contribution in [1.82, 2.24) is 10.3 Å². The molecule has 1 aromatic rings. The molecule has 0 radical (unpaired) electrons. The maximum absolute atomic E-state index is 12.3. The number of nitrogens with one attached hydrogen (secondary N) is 2. The number of hydrogen-bond acceptors (Lipinski definition) is 4. The Kier molecular flexibility index (Phi) is 5.34. The van der Waals surface area contributed by atoms with Gasteiger partial charge in [-0.1, -0.05) is 18.5 Å². The standard InChI is InChI=1S/C14H20ClN3O2/c1-3-6-16-12-8-20-7-10(12)14(19)18-11-4-5-13(15)17-9(11)2/h4-5,10,12,16H,3,6-8H2,1-2H3,(H,18,19). The van der Waals surface area contributed by atoms with Gasteiger partial charge in [-0.15, -0.1) is 0 Å². The van der Waals surface area contributed by atoms with Crippen molar-refractivity contribution in [3.63, 3.8) is 0 Å². The van der Waals surface area contributed by atoms with Crippen LogP contribution in [0.1, 0.15) is 19.0 Å². The van der Waals surface area contributed by atoms with Crippen molar-refractivity contribution in [2.24, 2.45) is 5.92 Å². The minimum atomic E-state index is -0.170. The Labute approximate surface area is 124 Å². The zero-order chi connectivity index (χ0) is 14.5. The van der Waals surface area contributed by atoms with Gasteiger partial charge in [0.2, 0.25) is 5.91 Å². The topological polar surface area (TPSA) is 63.2 Å². The van der Waals surface area contributed by atoms with Crippen LogP contribution in [0.4, 0.5) is 5.69 Å². The van der Waals surface area contributed by atoms with Crippen molar-refractivity contribution in [2.75, 3.05) is 25.1 Å². The second-order valence-corrected chi connectivity index (χ2v) is 5.35. The summed E-state index contributed by atoms with van der Waals surface area (Å²) in [4.78, 5) is 16.5. The summed E-state index contributed by atoms with van der Waals surface area (Å²) in [5.41, 5.74) is 1.41. The maximum atomic E-state index is 12.3. The van der Waals surface area contributed by atoms with Gasteiger partial charge < -0.3 is 15.4 Å². The molecule has 1 fully saturated rings. The summed E-state index contributed by atoms with van der Waals surface area (Å²) in [6.07, 6.45) is 1.03. The zero-order valence-corrected chi connectivity index (χ0v) is 12.5. The number of amides is 1. The molecule has 2 N–H and O–H groups in total. The van der Waals surface area contributed by atoms with Crippen molar-refractivity contribution in [3.05, 3.63) is 23.0 Å². The lowest BCUT2D eigenvalue weighted by Crippen LogP contribution is -2.41. The molecule has 0 aliphatic carbocycles. The molecule has 0 saturated carbocycles. The number of anilines is 1. The van der Waals surface area contributed by atoms with E-state index in [1.807, 2.05) is 6.92 Å². The zero-order valence-electron chi connectivity index (χ0n) is 11.8. The lowest BCUT2D eigenvalue weighted by Gasteiger charge is -2.18. The minimum absolute atomic E-state index is 0.0386. The van der Waals surface area contributed by atoms with Crippen LogP contribution in [0.5, 0.6) is 0 Å². The van der Waals surface area contributed by atoms with Gasteiger partial charge in [0.1, 0.15) is 5.15 Å². The van der Waals surface area contributed by atoms with E-state index in [4.69, 9.17) is 16.3 Å². The second-order valence-electron chi connectivity index (χ2n) is 4.96. The van der Waals surface area contributed by atoms with Gasteiger partial charge in [-0.25, -0.2) is 4.98 Å². The Bertz CT molecular complexity index is 481. The molecule has 0 aromatic carbocycles. The molecular weight excluding hydrogens is 278 g/mol. The number of pyridine rings is 1. The third-order valence-corrected chi connectivity index (χ3v) is 3.59. The Hall–Kier alpha value is -1.17. The van der Waals surface area contributed by atoms with E-state index in [1.165, 1.54) is 0 Å². The first kappa shape index (κ1) is 15.2. The van der Waals surface area contributed by atoms with Crippen LogP contribution < -0.4 is 10.6 Å². The fraction of sp³-hybridized carbons (Fsp3) is 0.571. The average molecular weight is 298 g/mol. The van der Waals surface area contributed by atoms with E-state index in [2.05, 4.69) is 22.5 Å². The van der Waals surface area contributed by atoms with Gasteiger partial charge in [0, 0.05) is 6.04 Å². The van der Waals surface area contributed by atoms with Crippen LogP contribution >= 0.6 is 11.6 Å². The fourth-order valence-corrected chi connectivity index (χ4v) is 2.42. The first-order valence-corrected chi connectivity index (χ1v) is 7.24. The summed E-state index contributed by atoms with van der Waals surface area (Å²) in [5.74, 6) is -0.208. The van der Waals surface area contributed by atoms with Gasteiger partial charge >= 0.3 is 0 Å². The molecule has 2 heterocycles. The molecule has 0 bridgehead atoms. The van der Waals surface area contributed by atoms with Gasteiger partial charge in [-0.05, 0) is 32.0 Å². The number of hydrogen-bond donors (Lipinski definition) is 2. The summed E-state index contributed by atoms with van der Waals surface area (Å²) >= 11 is 5.81. The molecule has 20 heavy (non-hydrogen) atoms. The molecule has 2 atom stereocenters. The molecule has 5 nitrogen and oxygen atoms in total. The third-order valence-electron chi connectivity index (χ3n) is 3.38. The SMILES string of the molecule is CCCNC1COCC1C(=O)Nc1ccc(Cl)nc1C. The summed E-state index contributed by atoms with van der Waals surface area (Å²) < 4.78 is 5.41. The predicted molar refractivity (Wildman–Crippen MR) is 79.0 cm³/mol. The Morgan fingerprint density at radius 3 is 3.00 bits per heavy atom. The van der Waals surface area contributed by atoms with Gasteiger partial charge in [0.15, 0.2) is 0 Å². The molecule has 2 unspecified atom stereocenters. The van der Waals surface area contributed by atoms with Crippen LogP contribution in [0, 0.1) is 12.8 Å². The third kappa shape index (κ3) is 3.69. The molecule has 1 saturated heterocycles. The molecule has 110 valence electrons. The first-order valence-electron chi connectivity index (χ1n) is 6.87. The smallest absolute Gasteiger partial charge is 0.231 e. The number of carbonyl (C=O) groups is 1. The van der Waals surface area contributed by atoms with Crippen LogP contribution in [0.25, 0.3) is 0 Å². The fourth-order valence-electron chi connectivity index (χ4n) is 2.23. The van der Waals surface area contributed by atoms with Crippen LogP contribution in [0.15, 0.2) is 12.1 Å². The molecular formula is C14H20ClN3O2. The Morgan fingerprint density at radius 1 is 1.50 bits per heavy atom. The van der Waals surface area contributed by atoms with E-state index in [0.717, 1.165) is 13.0 Å². The number of aromatic nitrogens is 1. The molecule has 1 aromatic heterocycles. The number of nitrogens with zero attached hydrogens (tertiary/aromatic N) is 1. The van der Waals surface area contributed by atoms with Crippen molar-refractivity contribution in [3.8, 4) is 0 Å². The molecule has 0 spiro atoms. The van der Waals surface area contributed by atoms with Crippen molar-refractivity contribution in [2.45, 2.75) is 26.3 Å². The quantitative estimate of drug-likeness (QED) is 0.816. The number of carbonyl (C=O) groups excluding carboxylic acids is 1. The van der Waals surface area contributed by atoms with Crippen LogP contribution in [-0.4, -0.2) is 36.7 Å². The van der Waals surface area contributed by atoms with Gasteiger partial charge in [-0.2, -0.15) is 0 Å². The van der Waals surface area contributed by atoms with E-state index in [0.29, 0.717) is 29.7 Å². The number of aryl methyl sites for hydroxylation is 1. The summed E-state index contributed by atoms with van der Waals surface area (Å²) in [6, 6.07) is 3.52. The lowest BCUT2D eigenvalue weighted by atomic mass is 10.0. The van der Waals surface area contributed by atoms with Crippen molar-refractivity contribution in [1.29, 1.82) is 0 Å². The highest BCUT2D eigenvalue weighted by Gasteiger charge is 2.33. The molecule has 2 rings (SSSR count). The van der Waals surface area contributed by atoms with Gasteiger partial charge in [-0.3, -0.25) is 4.79 Å². The highest BCUT2D eigenvalue weighted by molar-refractivity contribution is 6.29. The second kappa shape index (κ2) is 7.02. The van der Waals surface area contributed by atoms with Gasteiger partial charge in [0.05, 0.1) is 30.5 Å². The number of rotatable bonds is 5. The molecule has 1 aliphatic heterocycles. The van der Waals surface area contributed by atoms with Crippen LogP contribution in [0.3, 0.4) is 0 Å². The van der Waals surface area contributed by atoms with E-state index in [1.54, 1.807) is 12.1 Å². The van der Waals surface area contributed by atoms with E-state index < -0.39 is 0 Å². The molecule has 1 aliphatic rings. The lowest BCUT2D eigenvalue weighted by molar-refractivity contribution is -0.120. The van der Waals surface area contributed by atoms with Crippen LogP contribution in [-0.2, 0) is 9.53 Å². The largest absolute Gasteiger partial charge is 0.379 e. The van der Waals surface area contributed by atoms with Gasteiger partial charge in [0.25, 0.3) is 0 Å². The van der Waals surface area contributed by atoms with E-state index >= 15 is 0 Å². The number of ether oxygens (including phenoxy) is 1. The Morgan fingerprint density at radius 2 is 2.30 bits per heavy atom. The van der Waals surface area contributed by atoms with E-state index in [-0.39, 0.29) is 17.9 Å². The van der Waals surface area contributed by atoms with Crippen molar-refractivity contribution >= 4 is 23.2 Å².